The molecule has 68 valence electrons. The molecular formula is C11H19N. The number of aliphatic imine (C=N–C) groups is 1. The molecule has 0 aliphatic carbocycles. The zero-order valence-corrected chi connectivity index (χ0v) is 8.27. The summed E-state index contributed by atoms with van der Waals surface area (Å²) in [5.41, 5.74) is 2.57. The third-order valence-corrected chi connectivity index (χ3v) is 2.60. The zero-order chi connectivity index (χ0) is 8.97. The standard InChI is InChI=1S/C11H19N/c1-4-5-6-11-10(3)9(2)7-8-12-11/h9H,3-8H2,1-2H3/t9-/m1/s1. The molecule has 1 aliphatic rings. The van der Waals surface area contributed by atoms with Crippen molar-refractivity contribution in [3.8, 4) is 0 Å². The van der Waals surface area contributed by atoms with Gasteiger partial charge in [0, 0.05) is 12.3 Å². The molecule has 0 unspecified atom stereocenters. The molecule has 1 heterocycles. The quantitative estimate of drug-likeness (QED) is 0.609. The minimum atomic E-state index is 0.661. The Bertz CT molecular complexity index is 191. The van der Waals surface area contributed by atoms with Crippen LogP contribution in [0, 0.1) is 5.92 Å². The molecule has 0 bridgehead atoms. The molecule has 1 rings (SSSR count). The highest BCUT2D eigenvalue weighted by atomic mass is 14.8. The lowest BCUT2D eigenvalue weighted by molar-refractivity contribution is 0.618. The molecule has 0 spiro atoms. The van der Waals surface area contributed by atoms with Crippen LogP contribution < -0.4 is 0 Å². The van der Waals surface area contributed by atoms with Crippen LogP contribution in [0.1, 0.15) is 39.5 Å². The first-order valence-corrected chi connectivity index (χ1v) is 4.98. The van der Waals surface area contributed by atoms with Crippen molar-refractivity contribution >= 4 is 5.71 Å². The SMILES string of the molecule is C=C1C(CCCC)=NCC[C@H]1C. The number of hydrogen-bond acceptors (Lipinski definition) is 1. The molecular weight excluding hydrogens is 146 g/mol. The number of allylic oxidation sites excluding steroid dienone is 1. The molecule has 0 fully saturated rings. The normalized spacial score (nSPS) is 24.0. The van der Waals surface area contributed by atoms with E-state index in [1.54, 1.807) is 0 Å². The molecule has 1 atom stereocenters. The van der Waals surface area contributed by atoms with Gasteiger partial charge in [-0.25, -0.2) is 0 Å². The van der Waals surface area contributed by atoms with E-state index in [1.165, 1.54) is 30.5 Å². The minimum Gasteiger partial charge on any atom is -0.289 e. The highest BCUT2D eigenvalue weighted by Crippen LogP contribution is 2.21. The second kappa shape index (κ2) is 4.44. The van der Waals surface area contributed by atoms with E-state index in [2.05, 4.69) is 25.4 Å². The van der Waals surface area contributed by atoms with Gasteiger partial charge in [0.2, 0.25) is 0 Å². The fraction of sp³-hybridized carbons (Fsp3) is 0.727. The van der Waals surface area contributed by atoms with E-state index >= 15 is 0 Å². The maximum atomic E-state index is 4.52. The molecule has 1 aliphatic heterocycles. The van der Waals surface area contributed by atoms with E-state index in [0.717, 1.165) is 13.0 Å². The Kier molecular flexibility index (Phi) is 3.51. The van der Waals surface area contributed by atoms with Crippen molar-refractivity contribution in [2.24, 2.45) is 10.9 Å². The number of nitrogens with zero attached hydrogens (tertiary/aromatic N) is 1. The molecule has 0 N–H and O–H groups in total. The molecule has 0 amide bonds. The summed E-state index contributed by atoms with van der Waals surface area (Å²) >= 11 is 0. The van der Waals surface area contributed by atoms with E-state index in [1.807, 2.05) is 0 Å². The van der Waals surface area contributed by atoms with Crippen molar-refractivity contribution in [3.05, 3.63) is 12.2 Å². The third-order valence-electron chi connectivity index (χ3n) is 2.60. The summed E-state index contributed by atoms with van der Waals surface area (Å²) in [4.78, 5) is 4.52. The van der Waals surface area contributed by atoms with Crippen molar-refractivity contribution in [3.63, 3.8) is 0 Å². The van der Waals surface area contributed by atoms with Gasteiger partial charge in [0.1, 0.15) is 0 Å². The van der Waals surface area contributed by atoms with Gasteiger partial charge in [-0.3, -0.25) is 4.99 Å². The summed E-state index contributed by atoms with van der Waals surface area (Å²) in [5, 5.41) is 0. The lowest BCUT2D eigenvalue weighted by Crippen LogP contribution is -2.16. The van der Waals surface area contributed by atoms with Crippen LogP contribution in [0.25, 0.3) is 0 Å². The summed E-state index contributed by atoms with van der Waals surface area (Å²) in [7, 11) is 0. The van der Waals surface area contributed by atoms with Gasteiger partial charge in [-0.1, -0.05) is 26.8 Å². The molecule has 0 aromatic heterocycles. The zero-order valence-electron chi connectivity index (χ0n) is 8.27. The van der Waals surface area contributed by atoms with E-state index in [4.69, 9.17) is 0 Å². The van der Waals surface area contributed by atoms with E-state index in [9.17, 15) is 0 Å². The van der Waals surface area contributed by atoms with Crippen LogP contribution in [0.15, 0.2) is 17.1 Å². The Balaban J connectivity index is 2.51. The first-order valence-electron chi connectivity index (χ1n) is 4.98. The topological polar surface area (TPSA) is 12.4 Å². The monoisotopic (exact) mass is 165 g/mol. The second-order valence-corrected chi connectivity index (χ2v) is 3.65. The first kappa shape index (κ1) is 9.50. The first-order chi connectivity index (χ1) is 5.75. The minimum absolute atomic E-state index is 0.661. The molecule has 0 radical (unpaired) electrons. The Hall–Kier alpha value is -0.590. The van der Waals surface area contributed by atoms with Gasteiger partial charge in [0.15, 0.2) is 0 Å². The second-order valence-electron chi connectivity index (χ2n) is 3.65. The predicted octanol–water partition coefficient (Wildman–Crippen LogP) is 3.21. The predicted molar refractivity (Wildman–Crippen MR) is 54.7 cm³/mol. The largest absolute Gasteiger partial charge is 0.289 e. The smallest absolute Gasteiger partial charge is 0.0398 e. The number of rotatable bonds is 3. The van der Waals surface area contributed by atoms with Gasteiger partial charge in [-0.2, -0.15) is 0 Å². The van der Waals surface area contributed by atoms with E-state index < -0.39 is 0 Å². The van der Waals surface area contributed by atoms with Crippen LogP contribution in [0.4, 0.5) is 0 Å². The van der Waals surface area contributed by atoms with Crippen molar-refractivity contribution in [1.82, 2.24) is 0 Å². The van der Waals surface area contributed by atoms with Crippen LogP contribution >= 0.6 is 0 Å². The highest BCUT2D eigenvalue weighted by molar-refractivity contribution is 6.00. The Morgan fingerprint density at radius 2 is 2.33 bits per heavy atom. The fourth-order valence-corrected chi connectivity index (χ4v) is 1.54. The molecule has 0 aromatic rings. The van der Waals surface area contributed by atoms with E-state index in [0.29, 0.717) is 5.92 Å². The summed E-state index contributed by atoms with van der Waals surface area (Å²) in [6, 6.07) is 0. The van der Waals surface area contributed by atoms with Crippen LogP contribution in [0.5, 0.6) is 0 Å². The van der Waals surface area contributed by atoms with Crippen molar-refractivity contribution in [2.45, 2.75) is 39.5 Å². The maximum Gasteiger partial charge on any atom is 0.0398 e. The maximum absolute atomic E-state index is 4.52. The van der Waals surface area contributed by atoms with Crippen molar-refractivity contribution in [2.75, 3.05) is 6.54 Å². The van der Waals surface area contributed by atoms with Crippen LogP contribution in [0.2, 0.25) is 0 Å². The summed E-state index contributed by atoms with van der Waals surface area (Å²) in [5.74, 6) is 0.661. The van der Waals surface area contributed by atoms with Gasteiger partial charge in [-0.15, -0.1) is 0 Å². The van der Waals surface area contributed by atoms with Crippen molar-refractivity contribution < 1.29 is 0 Å². The third kappa shape index (κ3) is 2.20. The number of hydrogen-bond donors (Lipinski definition) is 0. The number of unbranched alkanes of at least 4 members (excludes halogenated alkanes) is 1. The summed E-state index contributed by atoms with van der Waals surface area (Å²) in [6.45, 7) is 9.58. The van der Waals surface area contributed by atoms with Crippen LogP contribution in [0.3, 0.4) is 0 Å². The lowest BCUT2D eigenvalue weighted by Gasteiger charge is -2.21. The highest BCUT2D eigenvalue weighted by Gasteiger charge is 2.15. The molecule has 12 heavy (non-hydrogen) atoms. The van der Waals surface area contributed by atoms with Crippen LogP contribution in [-0.2, 0) is 0 Å². The Morgan fingerprint density at radius 3 is 3.00 bits per heavy atom. The lowest BCUT2D eigenvalue weighted by atomic mass is 9.90. The average Bonchev–Trinajstić information content (AvgIpc) is 2.08. The average molecular weight is 165 g/mol. The molecule has 0 saturated carbocycles. The van der Waals surface area contributed by atoms with Gasteiger partial charge < -0.3 is 0 Å². The molecule has 1 nitrogen and oxygen atoms in total. The van der Waals surface area contributed by atoms with Gasteiger partial charge >= 0.3 is 0 Å². The van der Waals surface area contributed by atoms with Gasteiger partial charge in [0.25, 0.3) is 0 Å². The van der Waals surface area contributed by atoms with E-state index in [-0.39, 0.29) is 0 Å². The van der Waals surface area contributed by atoms with Crippen LogP contribution in [-0.4, -0.2) is 12.3 Å². The fourth-order valence-electron chi connectivity index (χ4n) is 1.54. The summed E-state index contributed by atoms with van der Waals surface area (Å²) in [6.07, 6.45) is 4.83. The van der Waals surface area contributed by atoms with Gasteiger partial charge in [0.05, 0.1) is 0 Å². The molecule has 0 aromatic carbocycles. The summed E-state index contributed by atoms with van der Waals surface area (Å²) < 4.78 is 0. The van der Waals surface area contributed by atoms with Crippen molar-refractivity contribution in [1.29, 1.82) is 0 Å². The molecule has 1 heteroatoms. The Labute approximate surface area is 75.6 Å². The van der Waals surface area contributed by atoms with Gasteiger partial charge in [-0.05, 0) is 30.8 Å². The molecule has 0 saturated heterocycles. The Morgan fingerprint density at radius 1 is 1.58 bits per heavy atom.